The van der Waals surface area contributed by atoms with Gasteiger partial charge in [0.2, 0.25) is 5.89 Å². The highest BCUT2D eigenvalue weighted by molar-refractivity contribution is 5.17. The van der Waals surface area contributed by atoms with Gasteiger partial charge in [0.25, 0.3) is 0 Å². The van der Waals surface area contributed by atoms with Crippen molar-refractivity contribution in [1.29, 1.82) is 0 Å². The predicted octanol–water partition coefficient (Wildman–Crippen LogP) is 1.13. The lowest BCUT2D eigenvalue weighted by atomic mass is 10.2. The maximum Gasteiger partial charge on any atom is 0.232 e. The van der Waals surface area contributed by atoms with Crippen molar-refractivity contribution in [2.45, 2.75) is 31.8 Å². The first-order chi connectivity index (χ1) is 6.40. The van der Waals surface area contributed by atoms with Crippen molar-refractivity contribution in [3.8, 4) is 0 Å². The molecule has 1 saturated carbocycles. The Labute approximate surface area is 76.3 Å². The maximum absolute atomic E-state index is 5.51. The Morgan fingerprint density at radius 1 is 1.54 bits per heavy atom. The summed E-state index contributed by atoms with van der Waals surface area (Å²) in [4.78, 5) is 4.32. The van der Waals surface area contributed by atoms with Gasteiger partial charge in [0.05, 0.1) is 12.0 Å². The molecule has 4 heteroatoms. The summed E-state index contributed by atoms with van der Waals surface area (Å²) in [5.74, 6) is 2.65. The molecule has 1 saturated heterocycles. The van der Waals surface area contributed by atoms with Crippen LogP contribution in [-0.4, -0.2) is 22.9 Å². The number of rotatable bonds is 2. The molecule has 3 unspecified atom stereocenters. The van der Waals surface area contributed by atoms with Crippen molar-refractivity contribution in [2.24, 2.45) is 5.92 Å². The molecule has 0 radical (unpaired) electrons. The zero-order valence-corrected chi connectivity index (χ0v) is 7.56. The highest BCUT2D eigenvalue weighted by Gasteiger charge is 2.58. The second-order valence-corrected chi connectivity index (χ2v) is 3.72. The predicted molar refractivity (Wildman–Crippen MR) is 44.3 cm³/mol. The molecule has 2 aliphatic rings. The van der Waals surface area contributed by atoms with Gasteiger partial charge in [0, 0.05) is 18.9 Å². The van der Waals surface area contributed by atoms with Gasteiger partial charge in [0.15, 0.2) is 5.82 Å². The summed E-state index contributed by atoms with van der Waals surface area (Å²) >= 11 is 0. The molecule has 1 aliphatic heterocycles. The molecular formula is C9H12N2O2. The largest absolute Gasteiger partial charge is 0.377 e. The first kappa shape index (κ1) is 7.50. The van der Waals surface area contributed by atoms with Crippen LogP contribution in [0.25, 0.3) is 0 Å². The summed E-state index contributed by atoms with van der Waals surface area (Å²) in [6.07, 6.45) is 2.37. The third-order valence-electron chi connectivity index (χ3n) is 2.94. The molecule has 70 valence electrons. The van der Waals surface area contributed by atoms with Crippen molar-refractivity contribution in [3.63, 3.8) is 0 Å². The molecule has 0 spiro atoms. The van der Waals surface area contributed by atoms with E-state index in [0.29, 0.717) is 17.9 Å². The first-order valence-electron chi connectivity index (χ1n) is 4.84. The third kappa shape index (κ3) is 1.01. The van der Waals surface area contributed by atoms with Crippen molar-refractivity contribution in [3.05, 3.63) is 11.7 Å². The van der Waals surface area contributed by atoms with Crippen LogP contribution >= 0.6 is 0 Å². The zero-order valence-electron chi connectivity index (χ0n) is 7.56. The summed E-state index contributed by atoms with van der Waals surface area (Å²) in [5.41, 5.74) is 0. The molecule has 4 nitrogen and oxygen atoms in total. The molecule has 1 aromatic rings. The molecule has 1 aliphatic carbocycles. The Morgan fingerprint density at radius 3 is 3.08 bits per heavy atom. The van der Waals surface area contributed by atoms with Crippen LogP contribution in [0.4, 0.5) is 0 Å². The average Bonchev–Trinajstić information content (AvgIpc) is 2.65. The quantitative estimate of drug-likeness (QED) is 0.684. The molecule has 0 amide bonds. The van der Waals surface area contributed by atoms with E-state index < -0.39 is 0 Å². The van der Waals surface area contributed by atoms with Crippen molar-refractivity contribution < 1.29 is 9.26 Å². The molecule has 13 heavy (non-hydrogen) atoms. The molecule has 0 aromatic carbocycles. The monoisotopic (exact) mass is 180 g/mol. The molecule has 1 aromatic heterocycles. The zero-order chi connectivity index (χ0) is 8.84. The molecule has 2 fully saturated rings. The molecule has 3 rings (SSSR count). The highest BCUT2D eigenvalue weighted by atomic mass is 16.5. The van der Waals surface area contributed by atoms with E-state index in [-0.39, 0.29) is 0 Å². The van der Waals surface area contributed by atoms with E-state index in [4.69, 9.17) is 9.26 Å². The van der Waals surface area contributed by atoms with E-state index in [1.54, 1.807) is 0 Å². The third-order valence-corrected chi connectivity index (χ3v) is 2.94. The van der Waals surface area contributed by atoms with Gasteiger partial charge < -0.3 is 9.26 Å². The van der Waals surface area contributed by atoms with E-state index >= 15 is 0 Å². The minimum Gasteiger partial charge on any atom is -0.377 e. The standard InChI is InChI=1S/C9H12N2O2/c1-2-6-10-9(13-11-6)7-5-3-4-12-8(5)7/h5,7-8H,2-4H2,1H3. The number of ether oxygens (including phenoxy) is 1. The van der Waals surface area contributed by atoms with Gasteiger partial charge in [-0.2, -0.15) is 4.98 Å². The number of aryl methyl sites for hydroxylation is 1. The highest BCUT2D eigenvalue weighted by Crippen LogP contribution is 2.55. The fourth-order valence-electron chi connectivity index (χ4n) is 2.12. The topological polar surface area (TPSA) is 48.2 Å². The van der Waals surface area contributed by atoms with Gasteiger partial charge in [-0.1, -0.05) is 12.1 Å². The Hall–Kier alpha value is -0.900. The Balaban J connectivity index is 1.79. The first-order valence-corrected chi connectivity index (χ1v) is 4.84. The van der Waals surface area contributed by atoms with Crippen LogP contribution in [0.5, 0.6) is 0 Å². The van der Waals surface area contributed by atoms with Gasteiger partial charge in [-0.25, -0.2) is 0 Å². The van der Waals surface area contributed by atoms with E-state index in [9.17, 15) is 0 Å². The fraction of sp³-hybridized carbons (Fsp3) is 0.778. The van der Waals surface area contributed by atoms with E-state index in [1.807, 2.05) is 6.92 Å². The average molecular weight is 180 g/mol. The normalized spacial score (nSPS) is 36.2. The lowest BCUT2D eigenvalue weighted by Crippen LogP contribution is -1.96. The van der Waals surface area contributed by atoms with E-state index in [1.165, 1.54) is 0 Å². The van der Waals surface area contributed by atoms with E-state index in [2.05, 4.69) is 10.1 Å². The molecule has 0 bridgehead atoms. The van der Waals surface area contributed by atoms with Crippen LogP contribution in [-0.2, 0) is 11.2 Å². The van der Waals surface area contributed by atoms with Crippen LogP contribution in [0, 0.1) is 5.92 Å². The van der Waals surface area contributed by atoms with Crippen LogP contribution in [0.2, 0.25) is 0 Å². The summed E-state index contributed by atoms with van der Waals surface area (Å²) in [6.45, 7) is 2.93. The second kappa shape index (κ2) is 2.54. The molecule has 0 N–H and O–H groups in total. The minimum atomic E-state index is 0.380. The van der Waals surface area contributed by atoms with Gasteiger partial charge in [0.1, 0.15) is 0 Å². The number of hydrogen-bond donors (Lipinski definition) is 0. The summed E-state index contributed by atoms with van der Waals surface area (Å²) in [7, 11) is 0. The van der Waals surface area contributed by atoms with Crippen molar-refractivity contribution in [2.75, 3.05) is 6.61 Å². The van der Waals surface area contributed by atoms with Crippen molar-refractivity contribution >= 4 is 0 Å². The number of fused-ring (bicyclic) bond motifs is 1. The minimum absolute atomic E-state index is 0.380. The van der Waals surface area contributed by atoms with Gasteiger partial charge in [-0.05, 0) is 6.42 Å². The second-order valence-electron chi connectivity index (χ2n) is 3.72. The Kier molecular flexibility index (Phi) is 1.47. The van der Waals surface area contributed by atoms with Crippen LogP contribution in [0.15, 0.2) is 4.52 Å². The lowest BCUT2D eigenvalue weighted by Gasteiger charge is -1.96. The van der Waals surface area contributed by atoms with Gasteiger partial charge >= 0.3 is 0 Å². The van der Waals surface area contributed by atoms with Gasteiger partial charge in [-0.15, -0.1) is 0 Å². The van der Waals surface area contributed by atoms with Gasteiger partial charge in [-0.3, -0.25) is 0 Å². The lowest BCUT2D eigenvalue weighted by molar-refractivity contribution is 0.144. The Bertz CT molecular complexity index is 313. The number of hydrogen-bond acceptors (Lipinski definition) is 4. The number of nitrogens with zero attached hydrogens (tertiary/aromatic N) is 2. The molecular weight excluding hydrogens is 168 g/mol. The van der Waals surface area contributed by atoms with Crippen LogP contribution < -0.4 is 0 Å². The number of aromatic nitrogens is 2. The smallest absolute Gasteiger partial charge is 0.232 e. The Morgan fingerprint density at radius 2 is 2.46 bits per heavy atom. The maximum atomic E-state index is 5.51. The summed E-state index contributed by atoms with van der Waals surface area (Å²) < 4.78 is 10.7. The summed E-state index contributed by atoms with van der Waals surface area (Å²) in [6, 6.07) is 0. The van der Waals surface area contributed by atoms with Crippen molar-refractivity contribution in [1.82, 2.24) is 10.1 Å². The summed E-state index contributed by atoms with van der Waals surface area (Å²) in [5, 5.41) is 3.88. The van der Waals surface area contributed by atoms with Crippen LogP contribution in [0.3, 0.4) is 0 Å². The van der Waals surface area contributed by atoms with Crippen LogP contribution in [0.1, 0.15) is 31.0 Å². The fourth-order valence-corrected chi connectivity index (χ4v) is 2.12. The molecule has 3 atom stereocenters. The van der Waals surface area contributed by atoms with E-state index in [0.717, 1.165) is 31.2 Å². The molecule has 2 heterocycles. The SMILES string of the molecule is CCc1noc(C2C3CCOC32)n1.